The van der Waals surface area contributed by atoms with Crippen molar-refractivity contribution in [2.24, 2.45) is 0 Å². The Morgan fingerprint density at radius 3 is 2.74 bits per heavy atom. The minimum absolute atomic E-state index is 0.0913. The fraction of sp³-hybridized carbons (Fsp3) is 0.0556. The maximum absolute atomic E-state index is 12.8. The number of benzene rings is 2. The lowest BCUT2D eigenvalue weighted by Crippen LogP contribution is -2.13. The summed E-state index contributed by atoms with van der Waals surface area (Å²) in [6.07, 6.45) is 1.69. The molecule has 0 saturated heterocycles. The van der Waals surface area contributed by atoms with E-state index in [1.165, 1.54) is 6.07 Å². The molecule has 4 aromatic rings. The summed E-state index contributed by atoms with van der Waals surface area (Å²) in [4.78, 5) is 4.28. The van der Waals surface area contributed by atoms with Crippen molar-refractivity contribution >= 4 is 38.5 Å². The molecule has 2 aromatic carbocycles. The number of sulfonamides is 1. The van der Waals surface area contributed by atoms with Crippen molar-refractivity contribution in [3.8, 4) is 5.75 Å². The number of pyridine rings is 1. The molecule has 7 nitrogen and oxygen atoms in total. The van der Waals surface area contributed by atoms with Crippen molar-refractivity contribution in [3.05, 3.63) is 72.6 Å². The minimum atomic E-state index is -3.81. The monoisotopic (exact) mass is 398 g/mol. The van der Waals surface area contributed by atoms with E-state index in [1.54, 1.807) is 42.6 Å². The fourth-order valence-corrected chi connectivity index (χ4v) is 4.32. The average molecular weight is 398 g/mol. The van der Waals surface area contributed by atoms with Gasteiger partial charge in [-0.05, 0) is 36.4 Å². The topological polar surface area (TPSA) is 94.1 Å². The van der Waals surface area contributed by atoms with E-state index in [9.17, 15) is 8.42 Å². The molecule has 27 heavy (non-hydrogen) atoms. The molecule has 2 heterocycles. The lowest BCUT2D eigenvalue weighted by molar-refractivity contribution is 0.301. The van der Waals surface area contributed by atoms with Gasteiger partial charge in [-0.25, -0.2) is 8.42 Å². The van der Waals surface area contributed by atoms with Gasteiger partial charge in [0.2, 0.25) is 0 Å². The van der Waals surface area contributed by atoms with Crippen LogP contribution in [-0.4, -0.2) is 22.1 Å². The molecule has 9 heteroatoms. The first kappa shape index (κ1) is 17.4. The van der Waals surface area contributed by atoms with Gasteiger partial charge >= 0.3 is 0 Å². The number of nitrogens with one attached hydrogen (secondary N) is 1. The lowest BCUT2D eigenvalue weighted by atomic mass is 10.3. The van der Waals surface area contributed by atoms with Crippen LogP contribution in [0.5, 0.6) is 5.75 Å². The predicted molar refractivity (Wildman–Crippen MR) is 103 cm³/mol. The van der Waals surface area contributed by atoms with E-state index in [0.29, 0.717) is 29.1 Å². The van der Waals surface area contributed by atoms with Crippen molar-refractivity contribution in [3.63, 3.8) is 0 Å². The van der Waals surface area contributed by atoms with E-state index in [2.05, 4.69) is 18.5 Å². The van der Waals surface area contributed by atoms with E-state index in [4.69, 9.17) is 4.74 Å². The molecule has 0 aliphatic rings. The van der Waals surface area contributed by atoms with Crippen LogP contribution < -0.4 is 9.46 Å². The Labute approximate surface area is 160 Å². The van der Waals surface area contributed by atoms with Gasteiger partial charge in [-0.3, -0.25) is 9.71 Å². The number of hydrogen-bond donors (Lipinski definition) is 1. The van der Waals surface area contributed by atoms with Gasteiger partial charge in [-0.15, -0.1) is 0 Å². The highest BCUT2D eigenvalue weighted by atomic mass is 32.2. The number of fused-ring (bicyclic) bond motifs is 1. The Morgan fingerprint density at radius 1 is 1.00 bits per heavy atom. The molecule has 0 amide bonds. The number of anilines is 1. The zero-order chi connectivity index (χ0) is 18.7. The SMILES string of the molecule is O=S(=O)(Nc1cccc(OCc2ccccn2)c1)c1cccc2nsnc12. The van der Waals surface area contributed by atoms with Gasteiger partial charge in [-0.1, -0.05) is 18.2 Å². The average Bonchev–Trinajstić information content (AvgIpc) is 3.16. The van der Waals surface area contributed by atoms with Gasteiger partial charge in [-0.2, -0.15) is 8.75 Å². The Bertz CT molecular complexity index is 1180. The molecule has 136 valence electrons. The zero-order valence-electron chi connectivity index (χ0n) is 13.9. The van der Waals surface area contributed by atoms with Gasteiger partial charge in [0.25, 0.3) is 10.0 Å². The molecule has 0 aliphatic carbocycles. The minimum Gasteiger partial charge on any atom is -0.487 e. The van der Waals surface area contributed by atoms with Crippen LogP contribution in [0.4, 0.5) is 5.69 Å². The van der Waals surface area contributed by atoms with Crippen molar-refractivity contribution in [2.75, 3.05) is 4.72 Å². The van der Waals surface area contributed by atoms with Crippen LogP contribution in [0.15, 0.2) is 71.8 Å². The quantitative estimate of drug-likeness (QED) is 0.534. The van der Waals surface area contributed by atoms with Gasteiger partial charge in [0, 0.05) is 12.3 Å². The Morgan fingerprint density at radius 2 is 1.89 bits per heavy atom. The maximum atomic E-state index is 12.8. The number of ether oxygens (including phenoxy) is 1. The summed E-state index contributed by atoms with van der Waals surface area (Å²) in [5.41, 5.74) is 2.09. The second kappa shape index (κ2) is 7.29. The van der Waals surface area contributed by atoms with Crippen LogP contribution in [0.25, 0.3) is 11.0 Å². The summed E-state index contributed by atoms with van der Waals surface area (Å²) in [5.74, 6) is 0.536. The number of rotatable bonds is 6. The van der Waals surface area contributed by atoms with Gasteiger partial charge in [0.1, 0.15) is 28.3 Å². The van der Waals surface area contributed by atoms with E-state index >= 15 is 0 Å². The van der Waals surface area contributed by atoms with E-state index < -0.39 is 10.0 Å². The third kappa shape index (κ3) is 3.88. The highest BCUT2D eigenvalue weighted by molar-refractivity contribution is 7.93. The van der Waals surface area contributed by atoms with Crippen LogP contribution in [0, 0.1) is 0 Å². The Hall–Kier alpha value is -3.04. The van der Waals surface area contributed by atoms with E-state index in [0.717, 1.165) is 17.4 Å². The van der Waals surface area contributed by atoms with E-state index in [-0.39, 0.29) is 4.90 Å². The van der Waals surface area contributed by atoms with Crippen molar-refractivity contribution < 1.29 is 13.2 Å². The second-order valence-electron chi connectivity index (χ2n) is 5.63. The molecule has 2 aromatic heterocycles. The predicted octanol–water partition coefficient (Wildman–Crippen LogP) is 3.47. The highest BCUT2D eigenvalue weighted by Gasteiger charge is 2.19. The third-order valence-corrected chi connectivity index (χ3v) is 5.69. The molecule has 0 saturated carbocycles. The lowest BCUT2D eigenvalue weighted by Gasteiger charge is -2.10. The van der Waals surface area contributed by atoms with E-state index in [1.807, 2.05) is 18.2 Å². The molecule has 0 radical (unpaired) electrons. The third-order valence-electron chi connectivity index (χ3n) is 3.74. The first-order valence-electron chi connectivity index (χ1n) is 7.99. The molecule has 0 atom stereocenters. The molecular weight excluding hydrogens is 384 g/mol. The zero-order valence-corrected chi connectivity index (χ0v) is 15.6. The number of nitrogens with zero attached hydrogens (tertiary/aromatic N) is 3. The fourth-order valence-electron chi connectivity index (χ4n) is 2.50. The van der Waals surface area contributed by atoms with Gasteiger partial charge in [0.15, 0.2) is 0 Å². The summed E-state index contributed by atoms with van der Waals surface area (Å²) in [6.45, 7) is 0.293. The smallest absolute Gasteiger partial charge is 0.264 e. The molecule has 1 N–H and O–H groups in total. The van der Waals surface area contributed by atoms with Crippen LogP contribution in [-0.2, 0) is 16.6 Å². The van der Waals surface area contributed by atoms with Gasteiger partial charge in [0.05, 0.1) is 23.1 Å². The first-order valence-corrected chi connectivity index (χ1v) is 10.2. The Balaban J connectivity index is 1.54. The number of aromatic nitrogens is 3. The normalized spacial score (nSPS) is 11.4. The van der Waals surface area contributed by atoms with Crippen LogP contribution in [0.3, 0.4) is 0 Å². The molecule has 4 rings (SSSR count). The summed E-state index contributed by atoms with van der Waals surface area (Å²) in [5, 5.41) is 0. The van der Waals surface area contributed by atoms with Crippen LogP contribution in [0.1, 0.15) is 5.69 Å². The van der Waals surface area contributed by atoms with Crippen molar-refractivity contribution in [1.29, 1.82) is 0 Å². The number of hydrogen-bond acceptors (Lipinski definition) is 7. The Kier molecular flexibility index (Phi) is 4.69. The van der Waals surface area contributed by atoms with Crippen molar-refractivity contribution in [1.82, 2.24) is 13.7 Å². The summed E-state index contributed by atoms with van der Waals surface area (Å²) >= 11 is 0.978. The molecule has 0 spiro atoms. The van der Waals surface area contributed by atoms with Crippen LogP contribution >= 0.6 is 11.7 Å². The summed E-state index contributed by atoms with van der Waals surface area (Å²) < 4.78 is 42.0. The molecule has 0 unspecified atom stereocenters. The summed E-state index contributed by atoms with van der Waals surface area (Å²) in [7, 11) is -3.81. The van der Waals surface area contributed by atoms with Crippen molar-refractivity contribution in [2.45, 2.75) is 11.5 Å². The largest absolute Gasteiger partial charge is 0.487 e. The van der Waals surface area contributed by atoms with Crippen LogP contribution in [0.2, 0.25) is 0 Å². The molecule has 0 fully saturated rings. The first-order chi connectivity index (χ1) is 13.1. The highest BCUT2D eigenvalue weighted by Crippen LogP contribution is 2.25. The molecular formula is C18H14N4O3S2. The molecule has 0 bridgehead atoms. The van der Waals surface area contributed by atoms with Gasteiger partial charge < -0.3 is 4.74 Å². The molecule has 0 aliphatic heterocycles. The maximum Gasteiger partial charge on any atom is 0.264 e. The standard InChI is InChI=1S/C18H14N4O3S2/c23-27(24,17-9-4-8-16-18(17)21-26-20-16)22-13-6-3-7-15(11-13)25-12-14-5-1-2-10-19-14/h1-11,22H,12H2. The summed E-state index contributed by atoms with van der Waals surface area (Å²) in [6, 6.07) is 17.2. The second-order valence-corrected chi connectivity index (χ2v) is 7.81.